The van der Waals surface area contributed by atoms with Gasteiger partial charge < -0.3 is 25.0 Å². The van der Waals surface area contributed by atoms with Gasteiger partial charge in [0.25, 0.3) is 0 Å². The standard InChI is InChI=1S/C35H47N5O6S2/c1-23(2)19-39(48(44,45)29-11-12-32-27(18-29)13-16-46-32)21-31(41)30(17-26-9-7-6-8-10-26)37-34(42)33(24(3)4)40-15-14-38(35(40)43)20-28-22-47-25(5)36-28/h6-12,18,22-24,30-31,33,41H,13-17,19-21H2,1-5H3,(H,37,42)/t30-,31+,33-/m0/s1. The molecular formula is C35H47N5O6S2. The second-order valence-electron chi connectivity index (χ2n) is 13.4. The largest absolute Gasteiger partial charge is 0.493 e. The van der Waals surface area contributed by atoms with Crippen LogP contribution in [0.4, 0.5) is 4.79 Å². The van der Waals surface area contributed by atoms with Crippen molar-refractivity contribution in [3.8, 4) is 5.75 Å². The Morgan fingerprint density at radius 2 is 1.85 bits per heavy atom. The number of aliphatic hydroxyl groups is 1. The van der Waals surface area contributed by atoms with E-state index in [4.69, 9.17) is 4.74 Å². The van der Waals surface area contributed by atoms with E-state index in [9.17, 15) is 23.1 Å². The molecule has 1 saturated heterocycles. The summed E-state index contributed by atoms with van der Waals surface area (Å²) in [6.45, 7) is 11.3. The van der Waals surface area contributed by atoms with Gasteiger partial charge in [-0.05, 0) is 54.5 Å². The molecular weight excluding hydrogens is 651 g/mol. The summed E-state index contributed by atoms with van der Waals surface area (Å²) in [5, 5.41) is 17.7. The average Bonchev–Trinajstić information content (AvgIpc) is 3.77. The number of carbonyl (C=O) groups is 2. The van der Waals surface area contributed by atoms with E-state index in [0.717, 1.165) is 21.8 Å². The number of carbonyl (C=O) groups excluding carboxylic acids is 2. The van der Waals surface area contributed by atoms with Gasteiger partial charge in [0.2, 0.25) is 15.9 Å². The van der Waals surface area contributed by atoms with Gasteiger partial charge in [-0.2, -0.15) is 4.31 Å². The van der Waals surface area contributed by atoms with Crippen molar-refractivity contribution in [3.05, 3.63) is 75.7 Å². The Morgan fingerprint density at radius 1 is 1.10 bits per heavy atom. The number of sulfonamides is 1. The first-order valence-corrected chi connectivity index (χ1v) is 18.9. The fourth-order valence-corrected chi connectivity index (χ4v) is 8.67. The Balaban J connectivity index is 1.37. The molecule has 260 valence electrons. The zero-order valence-electron chi connectivity index (χ0n) is 28.3. The highest BCUT2D eigenvalue weighted by molar-refractivity contribution is 7.89. The molecule has 2 aliphatic heterocycles. The minimum Gasteiger partial charge on any atom is -0.493 e. The van der Waals surface area contributed by atoms with Crippen LogP contribution in [0.15, 0.2) is 58.8 Å². The summed E-state index contributed by atoms with van der Waals surface area (Å²) in [4.78, 5) is 35.6. The molecule has 3 aromatic rings. The van der Waals surface area contributed by atoms with Gasteiger partial charge in [-0.1, -0.05) is 58.0 Å². The number of aryl methyl sites for hydroxylation is 1. The molecule has 0 unspecified atom stereocenters. The Hall–Kier alpha value is -3.52. The van der Waals surface area contributed by atoms with Crippen LogP contribution in [-0.2, 0) is 34.2 Å². The molecule has 13 heteroatoms. The number of aliphatic hydroxyl groups excluding tert-OH is 1. The van der Waals surface area contributed by atoms with E-state index >= 15 is 0 Å². The molecule has 48 heavy (non-hydrogen) atoms. The van der Waals surface area contributed by atoms with Gasteiger partial charge in [-0.25, -0.2) is 18.2 Å². The van der Waals surface area contributed by atoms with Gasteiger partial charge in [0.1, 0.15) is 11.8 Å². The van der Waals surface area contributed by atoms with Crippen LogP contribution in [0.2, 0.25) is 0 Å². The van der Waals surface area contributed by atoms with Crippen molar-refractivity contribution in [1.29, 1.82) is 0 Å². The zero-order valence-corrected chi connectivity index (χ0v) is 30.0. The first-order chi connectivity index (χ1) is 22.8. The zero-order chi connectivity index (χ0) is 34.6. The van der Waals surface area contributed by atoms with Crippen molar-refractivity contribution in [3.63, 3.8) is 0 Å². The van der Waals surface area contributed by atoms with Crippen LogP contribution in [0.5, 0.6) is 5.75 Å². The topological polar surface area (TPSA) is 132 Å². The molecule has 1 fully saturated rings. The summed E-state index contributed by atoms with van der Waals surface area (Å²) in [6, 6.07) is 12.5. The number of amides is 3. The molecule has 0 spiro atoms. The Kier molecular flexibility index (Phi) is 11.4. The van der Waals surface area contributed by atoms with Gasteiger partial charge in [0.05, 0.1) is 40.9 Å². The molecule has 0 aliphatic carbocycles. The lowest BCUT2D eigenvalue weighted by Gasteiger charge is -2.34. The number of fused-ring (bicyclic) bond motifs is 1. The first kappa shape index (κ1) is 35.8. The monoisotopic (exact) mass is 697 g/mol. The Bertz CT molecular complexity index is 1680. The lowest BCUT2D eigenvalue weighted by molar-refractivity contribution is -0.128. The summed E-state index contributed by atoms with van der Waals surface area (Å²) in [5.41, 5.74) is 2.53. The summed E-state index contributed by atoms with van der Waals surface area (Å²) in [6.07, 6.45) is -0.338. The number of nitrogens with zero attached hydrogens (tertiary/aromatic N) is 4. The van der Waals surface area contributed by atoms with Crippen LogP contribution in [0.1, 0.15) is 49.5 Å². The van der Waals surface area contributed by atoms with E-state index in [1.54, 1.807) is 28.0 Å². The maximum Gasteiger partial charge on any atom is 0.321 e. The molecule has 2 N–H and O–H groups in total. The normalized spacial score (nSPS) is 16.8. The molecule has 5 rings (SSSR count). The summed E-state index contributed by atoms with van der Waals surface area (Å²) >= 11 is 1.53. The number of aromatic nitrogens is 1. The van der Waals surface area contributed by atoms with Crippen molar-refractivity contribution in [2.24, 2.45) is 11.8 Å². The van der Waals surface area contributed by atoms with Crippen LogP contribution < -0.4 is 10.1 Å². The molecule has 2 aromatic carbocycles. The third-order valence-corrected chi connectivity index (χ3v) is 11.4. The van der Waals surface area contributed by atoms with Crippen molar-refractivity contribution >= 4 is 33.3 Å². The fourth-order valence-electron chi connectivity index (χ4n) is 6.39. The highest BCUT2D eigenvalue weighted by atomic mass is 32.2. The molecule has 2 aliphatic rings. The molecule has 11 nitrogen and oxygen atoms in total. The summed E-state index contributed by atoms with van der Waals surface area (Å²) in [7, 11) is -3.99. The molecule has 3 amide bonds. The highest BCUT2D eigenvalue weighted by Crippen LogP contribution is 2.30. The van der Waals surface area contributed by atoms with Crippen molar-refractivity contribution in [1.82, 2.24) is 24.4 Å². The maximum absolute atomic E-state index is 14.1. The van der Waals surface area contributed by atoms with E-state index in [1.165, 1.54) is 15.6 Å². The quantitative estimate of drug-likeness (QED) is 0.245. The number of ether oxygens (including phenoxy) is 1. The van der Waals surface area contributed by atoms with Crippen LogP contribution in [0, 0.1) is 18.8 Å². The third kappa shape index (κ3) is 8.36. The summed E-state index contributed by atoms with van der Waals surface area (Å²) in [5.74, 6) is 0.0650. The van der Waals surface area contributed by atoms with Gasteiger partial charge in [0, 0.05) is 38.0 Å². The summed E-state index contributed by atoms with van der Waals surface area (Å²) < 4.78 is 34.9. The number of urea groups is 1. The SMILES string of the molecule is Cc1nc(CN2CCN([C@H](C(=O)N[C@@H](Cc3ccccc3)[C@H](O)CN(CC(C)C)S(=O)(=O)c3ccc4c(c3)CCO4)C(C)C)C2=O)cs1. The number of rotatable bonds is 15. The fraction of sp³-hybridized carbons (Fsp3) is 0.514. The number of nitrogens with one attached hydrogen (secondary N) is 1. The number of benzene rings is 2. The molecule has 0 bridgehead atoms. The van der Waals surface area contributed by atoms with Crippen LogP contribution in [0.25, 0.3) is 0 Å². The van der Waals surface area contributed by atoms with E-state index in [0.29, 0.717) is 38.4 Å². The van der Waals surface area contributed by atoms with Crippen molar-refractivity contribution in [2.75, 3.05) is 32.8 Å². The number of thiazole rings is 1. The van der Waals surface area contributed by atoms with Crippen LogP contribution in [-0.4, -0.2) is 95.5 Å². The van der Waals surface area contributed by atoms with E-state index < -0.39 is 28.2 Å². The maximum atomic E-state index is 14.1. The van der Waals surface area contributed by atoms with Gasteiger partial charge in [0.15, 0.2) is 0 Å². The molecule has 3 atom stereocenters. The minimum atomic E-state index is -3.99. The predicted molar refractivity (Wildman–Crippen MR) is 185 cm³/mol. The molecule has 0 saturated carbocycles. The second-order valence-corrected chi connectivity index (χ2v) is 16.4. The van der Waals surface area contributed by atoms with E-state index in [-0.39, 0.29) is 48.2 Å². The lowest BCUT2D eigenvalue weighted by Crippen LogP contribution is -2.57. The van der Waals surface area contributed by atoms with Gasteiger partial charge in [-0.15, -0.1) is 11.3 Å². The minimum absolute atomic E-state index is 0.0189. The smallest absolute Gasteiger partial charge is 0.321 e. The van der Waals surface area contributed by atoms with Crippen molar-refractivity contribution in [2.45, 2.75) is 77.1 Å². The van der Waals surface area contributed by atoms with Gasteiger partial charge in [-0.3, -0.25) is 4.79 Å². The van der Waals surface area contributed by atoms with Crippen molar-refractivity contribution < 1.29 is 27.9 Å². The lowest BCUT2D eigenvalue weighted by atomic mass is 9.97. The molecule has 3 heterocycles. The Labute approximate surface area is 288 Å². The second kappa shape index (κ2) is 15.4. The predicted octanol–water partition coefficient (Wildman–Crippen LogP) is 4.08. The van der Waals surface area contributed by atoms with Crippen LogP contribution >= 0.6 is 11.3 Å². The molecule has 1 aromatic heterocycles. The Morgan fingerprint density at radius 3 is 2.52 bits per heavy atom. The van der Waals surface area contributed by atoms with E-state index in [2.05, 4.69) is 10.3 Å². The molecule has 0 radical (unpaired) electrons. The van der Waals surface area contributed by atoms with Gasteiger partial charge >= 0.3 is 6.03 Å². The van der Waals surface area contributed by atoms with Crippen LogP contribution in [0.3, 0.4) is 0 Å². The average molecular weight is 698 g/mol. The highest BCUT2D eigenvalue weighted by Gasteiger charge is 2.40. The number of hydrogen-bond acceptors (Lipinski definition) is 8. The first-order valence-electron chi connectivity index (χ1n) is 16.6. The third-order valence-electron chi connectivity index (χ3n) is 8.73. The number of hydrogen-bond donors (Lipinski definition) is 2. The van der Waals surface area contributed by atoms with E-state index in [1.807, 2.05) is 70.3 Å².